The van der Waals surface area contributed by atoms with E-state index in [0.29, 0.717) is 11.4 Å². The monoisotopic (exact) mass is 843 g/mol. The average molecular weight is 845 g/mol. The lowest BCUT2D eigenvalue weighted by atomic mass is 9.80. The highest BCUT2D eigenvalue weighted by Crippen LogP contribution is 2.55. The molecule has 1 aliphatic heterocycles. The van der Waals surface area contributed by atoms with Gasteiger partial charge in [-0.3, -0.25) is 28.4 Å². The third-order valence-corrected chi connectivity index (χ3v) is 11.7. The number of hydrogen-bond donors (Lipinski definition) is 1. The van der Waals surface area contributed by atoms with Gasteiger partial charge in [0.25, 0.3) is 5.56 Å². The molecule has 3 heterocycles. The van der Waals surface area contributed by atoms with Gasteiger partial charge in [0.05, 0.1) is 25.3 Å². The van der Waals surface area contributed by atoms with E-state index in [-0.39, 0.29) is 47.4 Å². The molecule has 1 saturated heterocycles. The van der Waals surface area contributed by atoms with Crippen LogP contribution in [0.15, 0.2) is 143 Å². The number of H-pyrrole nitrogens is 1. The van der Waals surface area contributed by atoms with Crippen LogP contribution in [0.3, 0.4) is 0 Å². The van der Waals surface area contributed by atoms with Crippen molar-refractivity contribution in [1.29, 1.82) is 0 Å². The number of pyridine rings is 1. The quantitative estimate of drug-likeness (QED) is 0.0744. The summed E-state index contributed by atoms with van der Waals surface area (Å²) in [7, 11) is -2.97. The van der Waals surface area contributed by atoms with Gasteiger partial charge in [0.2, 0.25) is 0 Å². The number of nitrogens with one attached hydrogen (secondary N) is 1. The molecule has 0 radical (unpaired) electrons. The number of benzene rings is 4. The van der Waals surface area contributed by atoms with Gasteiger partial charge in [0, 0.05) is 47.6 Å². The molecule has 300 valence electrons. The first-order chi connectivity index (χ1) is 28.1. The second kappa shape index (κ2) is 18.3. The molecule has 0 bridgehead atoms. The van der Waals surface area contributed by atoms with Crippen molar-refractivity contribution in [3.63, 3.8) is 0 Å². The molecule has 7 rings (SSSR count). The molecule has 1 unspecified atom stereocenters. The number of phosphoric acid groups is 1. The number of aromatic nitrogens is 3. The van der Waals surface area contributed by atoms with Crippen molar-refractivity contribution in [2.75, 3.05) is 20.3 Å². The highest BCUT2D eigenvalue weighted by molar-refractivity contribution is 7.49. The summed E-state index contributed by atoms with van der Waals surface area (Å²) in [5.41, 5.74) is 0.955. The lowest BCUT2D eigenvalue weighted by molar-refractivity contribution is -0.0937. The minimum Gasteiger partial charge on any atom is -0.497 e. The van der Waals surface area contributed by atoms with Gasteiger partial charge in [-0.05, 0) is 60.0 Å². The Bertz CT molecular complexity index is 2430. The maximum Gasteiger partial charge on any atom is 0.530 e. The van der Waals surface area contributed by atoms with Crippen molar-refractivity contribution < 1.29 is 32.3 Å². The molecular weight excluding hydrogens is 804 g/mol. The van der Waals surface area contributed by atoms with Crippen LogP contribution in [0.5, 0.6) is 11.5 Å². The Balaban J connectivity index is 1.28. The Morgan fingerprint density at radius 3 is 2.22 bits per heavy atom. The van der Waals surface area contributed by atoms with Gasteiger partial charge in [-0.15, -0.1) is 0 Å². The third-order valence-electron chi connectivity index (χ3n) is 9.66. The second-order valence-corrected chi connectivity index (χ2v) is 15.8. The van der Waals surface area contributed by atoms with Gasteiger partial charge in [-0.1, -0.05) is 102 Å². The zero-order valence-electron chi connectivity index (χ0n) is 31.5. The van der Waals surface area contributed by atoms with Crippen LogP contribution in [0.2, 0.25) is 10.0 Å². The topological polar surface area (TPSA) is 140 Å². The summed E-state index contributed by atoms with van der Waals surface area (Å²) in [4.78, 5) is 32.2. The molecule has 12 nitrogen and oxygen atoms in total. The molecule has 6 aromatic rings. The van der Waals surface area contributed by atoms with Gasteiger partial charge in [-0.2, -0.15) is 0 Å². The Morgan fingerprint density at radius 2 is 1.57 bits per heavy atom. The van der Waals surface area contributed by atoms with Crippen molar-refractivity contribution in [2.45, 2.75) is 43.8 Å². The summed E-state index contributed by atoms with van der Waals surface area (Å²) in [6.07, 6.45) is 0.275. The fraction of sp³-hybridized carbons (Fsp3) is 0.233. The Hall–Kier alpha value is -5.04. The lowest BCUT2D eigenvalue weighted by Gasteiger charge is -2.37. The van der Waals surface area contributed by atoms with E-state index in [0.717, 1.165) is 16.7 Å². The Morgan fingerprint density at radius 1 is 0.897 bits per heavy atom. The van der Waals surface area contributed by atoms with Gasteiger partial charge >= 0.3 is 13.5 Å². The fourth-order valence-electron chi connectivity index (χ4n) is 6.78. The molecule has 0 amide bonds. The van der Waals surface area contributed by atoms with Gasteiger partial charge in [0.1, 0.15) is 29.8 Å². The predicted octanol–water partition coefficient (Wildman–Crippen LogP) is 8.68. The molecule has 1 N–H and O–H groups in total. The summed E-state index contributed by atoms with van der Waals surface area (Å²) >= 11 is 12.8. The van der Waals surface area contributed by atoms with Crippen molar-refractivity contribution in [2.24, 2.45) is 0 Å². The fourth-order valence-corrected chi connectivity index (χ4v) is 8.57. The zero-order valence-corrected chi connectivity index (χ0v) is 33.9. The standard InChI is InChI=1S/C43H40Cl2N3O9P/c1-29-27-48(42(50)47-41(29)49)40-26-38(57-58(51,54-24-22-34-15-9-10-23-46-34)56-37-25-33(44)18-21-36(37)45)39(55-40)28-53-43(30-11-5-3-6-12-30,31-13-7-4-8-14-31)32-16-19-35(52-2)20-17-32/h3-21,23,25,27,38-40H,22,24,26,28H2,1-2H3,(H,47,49,50)/t38-,39+,40+,58?/m0/s1. The summed E-state index contributed by atoms with van der Waals surface area (Å²) in [5, 5.41) is 0.395. The molecule has 0 saturated carbocycles. The molecular formula is C43H40Cl2N3O9P. The van der Waals surface area contributed by atoms with Crippen LogP contribution in [0.25, 0.3) is 0 Å². The molecule has 4 aromatic carbocycles. The van der Waals surface area contributed by atoms with E-state index >= 15 is 0 Å². The van der Waals surface area contributed by atoms with Crippen molar-refractivity contribution in [3.8, 4) is 11.5 Å². The number of nitrogens with zero attached hydrogens (tertiary/aromatic N) is 2. The van der Waals surface area contributed by atoms with Gasteiger partial charge in [-0.25, -0.2) is 9.36 Å². The van der Waals surface area contributed by atoms with E-state index in [1.54, 1.807) is 32.4 Å². The molecule has 1 aliphatic rings. The minimum absolute atomic E-state index is 0.0220. The number of halogens is 2. The average Bonchev–Trinajstić information content (AvgIpc) is 3.63. The molecule has 15 heteroatoms. The number of methoxy groups -OCH3 is 1. The lowest BCUT2D eigenvalue weighted by Crippen LogP contribution is -2.38. The summed E-state index contributed by atoms with van der Waals surface area (Å²) < 4.78 is 53.6. The van der Waals surface area contributed by atoms with Crippen LogP contribution in [-0.4, -0.2) is 47.1 Å². The highest BCUT2D eigenvalue weighted by Gasteiger charge is 2.46. The molecule has 0 spiro atoms. The molecule has 2 aromatic heterocycles. The number of ether oxygens (including phenoxy) is 3. The molecule has 58 heavy (non-hydrogen) atoms. The van der Waals surface area contributed by atoms with Crippen LogP contribution < -0.4 is 20.5 Å². The van der Waals surface area contributed by atoms with E-state index in [2.05, 4.69) is 9.97 Å². The Labute approximate surface area is 344 Å². The Kier molecular flexibility index (Phi) is 13.0. The first-order valence-electron chi connectivity index (χ1n) is 18.4. The van der Waals surface area contributed by atoms with Gasteiger partial charge < -0.3 is 18.7 Å². The highest BCUT2D eigenvalue weighted by atomic mass is 35.5. The SMILES string of the molecule is COc1ccc(C(OC[C@H]2O[C@@H](n3cc(C)c(=O)[nH]c3=O)C[C@@H]2OP(=O)(OCCc2ccccn2)Oc2cc(Cl)ccc2Cl)(c2ccccc2)c2ccccc2)cc1. The minimum atomic E-state index is -4.57. The van der Waals surface area contributed by atoms with E-state index in [1.165, 1.54) is 22.9 Å². The maximum atomic E-state index is 14.9. The van der Waals surface area contributed by atoms with Crippen molar-refractivity contribution in [3.05, 3.63) is 193 Å². The smallest absolute Gasteiger partial charge is 0.497 e. The van der Waals surface area contributed by atoms with E-state index in [4.69, 9.17) is 51.0 Å². The number of hydrogen-bond acceptors (Lipinski definition) is 10. The maximum absolute atomic E-state index is 14.9. The van der Waals surface area contributed by atoms with E-state index in [9.17, 15) is 14.2 Å². The molecule has 4 atom stereocenters. The van der Waals surface area contributed by atoms with Crippen LogP contribution in [-0.2, 0) is 35.1 Å². The predicted molar refractivity (Wildman–Crippen MR) is 220 cm³/mol. The van der Waals surface area contributed by atoms with Crippen LogP contribution in [0.4, 0.5) is 0 Å². The molecule has 1 fully saturated rings. The largest absolute Gasteiger partial charge is 0.530 e. The first kappa shape index (κ1) is 41.1. The number of aryl methyl sites for hydroxylation is 1. The normalized spacial score (nSPS) is 17.8. The first-order valence-corrected chi connectivity index (χ1v) is 20.6. The summed E-state index contributed by atoms with van der Waals surface area (Å²) in [6, 6.07) is 36.9. The number of rotatable bonds is 16. The van der Waals surface area contributed by atoms with Crippen molar-refractivity contribution >= 4 is 31.0 Å². The van der Waals surface area contributed by atoms with E-state index in [1.807, 2.05) is 97.1 Å². The number of aromatic amines is 1. The summed E-state index contributed by atoms with van der Waals surface area (Å²) in [6.45, 7) is 1.32. The van der Waals surface area contributed by atoms with Crippen LogP contribution in [0, 0.1) is 6.92 Å². The summed E-state index contributed by atoms with van der Waals surface area (Å²) in [5.74, 6) is 0.632. The number of phosphoric ester groups is 1. The third kappa shape index (κ3) is 9.30. The zero-order chi connectivity index (χ0) is 40.7. The van der Waals surface area contributed by atoms with Crippen LogP contribution >= 0.6 is 31.0 Å². The van der Waals surface area contributed by atoms with Crippen LogP contribution in [0.1, 0.15) is 40.6 Å². The second-order valence-electron chi connectivity index (χ2n) is 13.5. The molecule has 0 aliphatic carbocycles. The van der Waals surface area contributed by atoms with E-state index < -0.39 is 43.1 Å². The van der Waals surface area contributed by atoms with Crippen molar-refractivity contribution in [1.82, 2.24) is 14.5 Å². The van der Waals surface area contributed by atoms with Gasteiger partial charge in [0.15, 0.2) is 5.75 Å².